The Balaban J connectivity index is 2.05. The van der Waals surface area contributed by atoms with E-state index in [1.807, 2.05) is 32.0 Å². The minimum Gasteiger partial charge on any atom is -0.354 e. The molecule has 0 radical (unpaired) electrons. The van der Waals surface area contributed by atoms with Gasteiger partial charge in [0.15, 0.2) is 0 Å². The third-order valence-corrected chi connectivity index (χ3v) is 7.19. The molecule has 0 spiro atoms. The highest BCUT2D eigenvalue weighted by atomic mass is 32.2. The van der Waals surface area contributed by atoms with Gasteiger partial charge in [0.05, 0.1) is 11.9 Å². The monoisotopic (exact) mass is 557 g/mol. The molecule has 0 heterocycles. The summed E-state index contributed by atoms with van der Waals surface area (Å²) < 4.78 is 54.5. The number of carbonyl (C=O) groups is 2. The maximum absolute atomic E-state index is 14.7. The summed E-state index contributed by atoms with van der Waals surface area (Å²) in [5, 5.41) is 2.86. The molecular formula is C29H33F2N3O4S. The second kappa shape index (κ2) is 13.3. The van der Waals surface area contributed by atoms with Crippen LogP contribution in [0.25, 0.3) is 0 Å². The van der Waals surface area contributed by atoms with E-state index >= 15 is 0 Å². The molecule has 3 rings (SSSR count). The molecule has 3 aromatic rings. The lowest BCUT2D eigenvalue weighted by molar-refractivity contribution is -0.140. The van der Waals surface area contributed by atoms with E-state index in [0.717, 1.165) is 28.3 Å². The van der Waals surface area contributed by atoms with Gasteiger partial charge in [0.25, 0.3) is 0 Å². The van der Waals surface area contributed by atoms with Crippen LogP contribution in [0.5, 0.6) is 0 Å². The van der Waals surface area contributed by atoms with E-state index in [9.17, 15) is 26.8 Å². The van der Waals surface area contributed by atoms with Gasteiger partial charge < -0.3 is 10.2 Å². The number of amides is 2. The Kier molecular flexibility index (Phi) is 10.2. The van der Waals surface area contributed by atoms with Crippen LogP contribution < -0.4 is 9.62 Å². The van der Waals surface area contributed by atoms with E-state index in [1.54, 1.807) is 18.2 Å². The second-order valence-corrected chi connectivity index (χ2v) is 11.6. The number of hydrogen-bond donors (Lipinski definition) is 1. The van der Waals surface area contributed by atoms with Crippen LogP contribution in [0.2, 0.25) is 0 Å². The number of hydrogen-bond acceptors (Lipinski definition) is 4. The topological polar surface area (TPSA) is 86.8 Å². The van der Waals surface area contributed by atoms with E-state index in [0.29, 0.717) is 6.54 Å². The van der Waals surface area contributed by atoms with Crippen LogP contribution in [0.3, 0.4) is 0 Å². The number of nitrogens with one attached hydrogen (secondary N) is 1. The van der Waals surface area contributed by atoms with Gasteiger partial charge in [-0.2, -0.15) is 0 Å². The van der Waals surface area contributed by atoms with Crippen LogP contribution in [0, 0.1) is 17.6 Å². The molecule has 0 unspecified atom stereocenters. The molecule has 7 nitrogen and oxygen atoms in total. The summed E-state index contributed by atoms with van der Waals surface area (Å²) in [7, 11) is -3.98. The predicted octanol–water partition coefficient (Wildman–Crippen LogP) is 4.14. The fraction of sp³-hybridized carbons (Fsp3) is 0.310. The van der Waals surface area contributed by atoms with Gasteiger partial charge in [0.1, 0.15) is 24.2 Å². The summed E-state index contributed by atoms with van der Waals surface area (Å²) in [4.78, 5) is 28.6. The second-order valence-electron chi connectivity index (χ2n) is 9.70. The third-order valence-electron chi connectivity index (χ3n) is 6.05. The SMILES string of the molecule is CC(C)CNC(=O)[C@H](Cc1ccccc1)N(Cc1ccccc1F)C(=O)CN(c1ccc(F)cc1)S(C)(=O)=O. The summed E-state index contributed by atoms with van der Waals surface area (Å²) in [6.07, 6.45) is 1.06. The van der Waals surface area contributed by atoms with Crippen molar-refractivity contribution in [2.24, 2.45) is 5.92 Å². The molecule has 0 aromatic heterocycles. The molecule has 0 saturated heterocycles. The van der Waals surface area contributed by atoms with Gasteiger partial charge in [-0.15, -0.1) is 0 Å². The molecular weight excluding hydrogens is 524 g/mol. The fourth-order valence-electron chi connectivity index (χ4n) is 4.01. The molecule has 0 fully saturated rings. The van der Waals surface area contributed by atoms with Crippen LogP contribution in [0.4, 0.5) is 14.5 Å². The Morgan fingerprint density at radius 3 is 2.10 bits per heavy atom. The summed E-state index contributed by atoms with van der Waals surface area (Å²) in [6, 6.07) is 18.6. The Morgan fingerprint density at radius 2 is 1.51 bits per heavy atom. The van der Waals surface area contributed by atoms with E-state index in [4.69, 9.17) is 0 Å². The average Bonchev–Trinajstić information content (AvgIpc) is 2.89. The van der Waals surface area contributed by atoms with Crippen molar-refractivity contribution in [3.05, 3.63) is 102 Å². The number of sulfonamides is 1. The van der Waals surface area contributed by atoms with E-state index in [2.05, 4.69) is 5.32 Å². The molecule has 3 aromatic carbocycles. The first-order chi connectivity index (χ1) is 18.5. The van der Waals surface area contributed by atoms with Crippen molar-refractivity contribution in [3.63, 3.8) is 0 Å². The highest BCUT2D eigenvalue weighted by Gasteiger charge is 2.33. The van der Waals surface area contributed by atoms with Gasteiger partial charge in [0, 0.05) is 25.1 Å². The minimum atomic E-state index is -3.98. The molecule has 0 aliphatic heterocycles. The zero-order chi connectivity index (χ0) is 28.6. The standard InChI is InChI=1S/C29H33F2N3O4S/c1-21(2)18-32-29(36)27(17-22-9-5-4-6-10-22)33(19-23-11-7-8-12-26(23)31)28(35)20-34(39(3,37)38)25-15-13-24(30)14-16-25/h4-16,21,27H,17-20H2,1-3H3,(H,32,36)/t27-/m0/s1. The molecule has 208 valence electrons. The minimum absolute atomic E-state index is 0.0851. The summed E-state index contributed by atoms with van der Waals surface area (Å²) in [5.74, 6) is -2.14. The molecule has 1 atom stereocenters. The summed E-state index contributed by atoms with van der Waals surface area (Å²) >= 11 is 0. The first kappa shape index (κ1) is 29.8. The van der Waals surface area contributed by atoms with E-state index in [-0.39, 0.29) is 30.1 Å². The molecule has 10 heteroatoms. The van der Waals surface area contributed by atoms with Gasteiger partial charge in [-0.1, -0.05) is 62.4 Å². The lowest BCUT2D eigenvalue weighted by atomic mass is 10.0. The number of nitrogens with zero attached hydrogens (tertiary/aromatic N) is 2. The Hall–Kier alpha value is -3.79. The predicted molar refractivity (Wildman–Crippen MR) is 147 cm³/mol. The smallest absolute Gasteiger partial charge is 0.244 e. The normalized spacial score (nSPS) is 12.2. The quantitative estimate of drug-likeness (QED) is 0.363. The van der Waals surface area contributed by atoms with E-state index in [1.165, 1.54) is 35.2 Å². The highest BCUT2D eigenvalue weighted by molar-refractivity contribution is 7.92. The molecule has 0 saturated carbocycles. The highest BCUT2D eigenvalue weighted by Crippen LogP contribution is 2.21. The molecule has 2 amide bonds. The molecule has 0 aliphatic rings. The fourth-order valence-corrected chi connectivity index (χ4v) is 4.86. The zero-order valence-electron chi connectivity index (χ0n) is 22.2. The van der Waals surface area contributed by atoms with Crippen molar-refractivity contribution in [3.8, 4) is 0 Å². The van der Waals surface area contributed by atoms with Crippen molar-refractivity contribution >= 4 is 27.5 Å². The van der Waals surface area contributed by atoms with Crippen LogP contribution in [-0.2, 0) is 32.6 Å². The maximum Gasteiger partial charge on any atom is 0.244 e. The van der Waals surface area contributed by atoms with Crippen molar-refractivity contribution in [2.75, 3.05) is 23.7 Å². The molecule has 1 N–H and O–H groups in total. The Bertz CT molecular complexity index is 1370. The van der Waals surface area contributed by atoms with Crippen molar-refractivity contribution < 1.29 is 26.8 Å². The zero-order valence-corrected chi connectivity index (χ0v) is 23.0. The summed E-state index contributed by atoms with van der Waals surface area (Å²) in [6.45, 7) is 3.29. The van der Waals surface area contributed by atoms with Gasteiger partial charge in [-0.3, -0.25) is 13.9 Å². The van der Waals surface area contributed by atoms with Crippen molar-refractivity contribution in [1.29, 1.82) is 0 Å². The van der Waals surface area contributed by atoms with Crippen molar-refractivity contribution in [1.82, 2.24) is 10.2 Å². The van der Waals surface area contributed by atoms with Crippen LogP contribution >= 0.6 is 0 Å². The van der Waals surface area contributed by atoms with E-state index < -0.39 is 46.1 Å². The number of rotatable bonds is 12. The van der Waals surface area contributed by atoms with Gasteiger partial charge in [-0.05, 0) is 41.8 Å². The third kappa shape index (κ3) is 8.61. The van der Waals surface area contributed by atoms with Gasteiger partial charge >= 0.3 is 0 Å². The first-order valence-corrected chi connectivity index (χ1v) is 14.4. The summed E-state index contributed by atoms with van der Waals surface area (Å²) in [5.41, 5.74) is 1.03. The van der Waals surface area contributed by atoms with Crippen molar-refractivity contribution in [2.45, 2.75) is 32.9 Å². The Labute approximate surface area is 228 Å². The number of halogens is 2. The maximum atomic E-state index is 14.7. The average molecular weight is 558 g/mol. The van der Waals surface area contributed by atoms with Crippen LogP contribution in [-0.4, -0.2) is 50.5 Å². The van der Waals surface area contributed by atoms with Crippen LogP contribution in [0.15, 0.2) is 78.9 Å². The first-order valence-electron chi connectivity index (χ1n) is 12.5. The van der Waals surface area contributed by atoms with Crippen LogP contribution in [0.1, 0.15) is 25.0 Å². The van der Waals surface area contributed by atoms with Gasteiger partial charge in [-0.25, -0.2) is 17.2 Å². The number of benzene rings is 3. The molecule has 0 aliphatic carbocycles. The lowest BCUT2D eigenvalue weighted by Gasteiger charge is -2.33. The molecule has 0 bridgehead atoms. The lowest BCUT2D eigenvalue weighted by Crippen LogP contribution is -2.53. The Morgan fingerprint density at radius 1 is 0.897 bits per heavy atom. The number of carbonyl (C=O) groups excluding carboxylic acids is 2. The van der Waals surface area contributed by atoms with Gasteiger partial charge in [0.2, 0.25) is 21.8 Å². The largest absolute Gasteiger partial charge is 0.354 e. The number of anilines is 1. The molecule has 39 heavy (non-hydrogen) atoms.